The molecule has 1 amide bonds. The summed E-state index contributed by atoms with van der Waals surface area (Å²) >= 11 is 0. The number of benzene rings is 3. The summed E-state index contributed by atoms with van der Waals surface area (Å²) in [5, 5.41) is 1.97. The number of rotatable bonds is 6. The fourth-order valence-electron chi connectivity index (χ4n) is 4.28. The van der Waals surface area contributed by atoms with Crippen molar-refractivity contribution in [3.8, 4) is 5.75 Å². The van der Waals surface area contributed by atoms with Crippen LogP contribution in [0.15, 0.2) is 60.7 Å². The molecule has 0 radical (unpaired) electrons. The first kappa shape index (κ1) is 22.5. The first-order valence-corrected chi connectivity index (χ1v) is 11.1. The maximum absolute atomic E-state index is 13.1. The van der Waals surface area contributed by atoms with Crippen molar-refractivity contribution in [1.29, 1.82) is 0 Å². The summed E-state index contributed by atoms with van der Waals surface area (Å²) in [6.07, 6.45) is 1.11. The van der Waals surface area contributed by atoms with Crippen LogP contribution < -0.4 is 4.74 Å². The van der Waals surface area contributed by atoms with Crippen molar-refractivity contribution < 1.29 is 23.9 Å². The molecule has 0 saturated carbocycles. The number of likely N-dealkylation sites (tertiary alicyclic amines) is 1. The van der Waals surface area contributed by atoms with Crippen LogP contribution in [0.2, 0.25) is 0 Å². The predicted octanol–water partition coefficient (Wildman–Crippen LogP) is 4.65. The molecule has 1 heterocycles. The van der Waals surface area contributed by atoms with Gasteiger partial charge in [-0.2, -0.15) is 0 Å². The maximum Gasteiger partial charge on any atom is 0.309 e. The molecule has 6 nitrogen and oxygen atoms in total. The zero-order valence-electron chi connectivity index (χ0n) is 18.9. The lowest BCUT2D eigenvalue weighted by Crippen LogP contribution is -2.40. The van der Waals surface area contributed by atoms with Crippen LogP contribution in [0.3, 0.4) is 0 Å². The highest BCUT2D eigenvalue weighted by atomic mass is 16.5. The Kier molecular flexibility index (Phi) is 6.73. The SMILES string of the molecule is COc1ccc(C(C)=O)cc1COC(=O)C1CCN(C(=O)c2cccc3ccccc23)CC1. The molecule has 33 heavy (non-hydrogen) atoms. The highest BCUT2D eigenvalue weighted by Gasteiger charge is 2.29. The number of hydrogen-bond donors (Lipinski definition) is 0. The van der Waals surface area contributed by atoms with Crippen molar-refractivity contribution >= 4 is 28.4 Å². The summed E-state index contributed by atoms with van der Waals surface area (Å²) in [7, 11) is 1.54. The molecular formula is C27H27NO5. The number of piperidine rings is 1. The van der Waals surface area contributed by atoms with Crippen LogP contribution in [0.25, 0.3) is 10.8 Å². The summed E-state index contributed by atoms with van der Waals surface area (Å²) in [6.45, 7) is 2.54. The zero-order chi connectivity index (χ0) is 23.4. The Bertz CT molecular complexity index is 1190. The van der Waals surface area contributed by atoms with E-state index < -0.39 is 0 Å². The van der Waals surface area contributed by atoms with Gasteiger partial charge in [0.2, 0.25) is 0 Å². The fraction of sp³-hybridized carbons (Fsp3) is 0.296. The summed E-state index contributed by atoms with van der Waals surface area (Å²) in [6, 6.07) is 18.7. The number of esters is 1. The second-order valence-electron chi connectivity index (χ2n) is 8.28. The average Bonchev–Trinajstić information content (AvgIpc) is 2.86. The Morgan fingerprint density at radius 3 is 2.42 bits per heavy atom. The molecule has 0 aliphatic carbocycles. The van der Waals surface area contributed by atoms with Crippen LogP contribution >= 0.6 is 0 Å². The molecule has 0 bridgehead atoms. The Labute approximate surface area is 193 Å². The van der Waals surface area contributed by atoms with Gasteiger partial charge in [0, 0.05) is 29.8 Å². The van der Waals surface area contributed by atoms with Crippen LogP contribution in [0.1, 0.15) is 46.0 Å². The third-order valence-electron chi connectivity index (χ3n) is 6.19. The third-order valence-corrected chi connectivity index (χ3v) is 6.19. The molecule has 6 heteroatoms. The van der Waals surface area contributed by atoms with Gasteiger partial charge < -0.3 is 14.4 Å². The number of fused-ring (bicyclic) bond motifs is 1. The number of Topliss-reactive ketones (excluding diaryl/α,β-unsaturated/α-hetero) is 1. The topological polar surface area (TPSA) is 72.9 Å². The molecule has 4 rings (SSSR count). The molecule has 0 unspecified atom stereocenters. The summed E-state index contributed by atoms with van der Waals surface area (Å²) in [5.41, 5.74) is 1.88. The lowest BCUT2D eigenvalue weighted by Gasteiger charge is -2.31. The number of ketones is 1. The normalized spacial score (nSPS) is 14.2. The van der Waals surface area contributed by atoms with Gasteiger partial charge in [0.25, 0.3) is 5.91 Å². The molecule has 0 atom stereocenters. The Morgan fingerprint density at radius 1 is 0.970 bits per heavy atom. The Morgan fingerprint density at radius 2 is 1.70 bits per heavy atom. The second kappa shape index (κ2) is 9.86. The predicted molar refractivity (Wildman–Crippen MR) is 125 cm³/mol. The molecule has 170 valence electrons. The van der Waals surface area contributed by atoms with Gasteiger partial charge in [-0.1, -0.05) is 36.4 Å². The molecule has 0 N–H and O–H groups in total. The van der Waals surface area contributed by atoms with E-state index in [0.29, 0.717) is 48.4 Å². The second-order valence-corrected chi connectivity index (χ2v) is 8.28. The molecular weight excluding hydrogens is 418 g/mol. The van der Waals surface area contributed by atoms with Crippen LogP contribution in [-0.4, -0.2) is 42.8 Å². The van der Waals surface area contributed by atoms with E-state index in [9.17, 15) is 14.4 Å². The van der Waals surface area contributed by atoms with Crippen LogP contribution in [0.4, 0.5) is 0 Å². The van der Waals surface area contributed by atoms with E-state index in [-0.39, 0.29) is 30.2 Å². The zero-order valence-corrected chi connectivity index (χ0v) is 18.9. The summed E-state index contributed by atoms with van der Waals surface area (Å²) < 4.78 is 10.9. The van der Waals surface area contributed by atoms with Crippen LogP contribution in [0.5, 0.6) is 5.75 Å². The highest BCUT2D eigenvalue weighted by Crippen LogP contribution is 2.26. The fourth-order valence-corrected chi connectivity index (χ4v) is 4.28. The van der Waals surface area contributed by atoms with Crippen molar-refractivity contribution in [2.75, 3.05) is 20.2 Å². The molecule has 0 spiro atoms. The molecule has 1 aliphatic rings. The number of hydrogen-bond acceptors (Lipinski definition) is 5. The van der Waals surface area contributed by atoms with Crippen molar-refractivity contribution in [2.24, 2.45) is 5.92 Å². The van der Waals surface area contributed by atoms with Crippen LogP contribution in [0, 0.1) is 5.92 Å². The largest absolute Gasteiger partial charge is 0.496 e. The third kappa shape index (κ3) is 4.90. The average molecular weight is 446 g/mol. The number of amides is 1. The van der Waals surface area contributed by atoms with Gasteiger partial charge in [0.15, 0.2) is 5.78 Å². The van der Waals surface area contributed by atoms with Crippen LogP contribution in [-0.2, 0) is 16.1 Å². The van der Waals surface area contributed by atoms with Gasteiger partial charge in [-0.05, 0) is 54.8 Å². The molecule has 1 fully saturated rings. The number of nitrogens with zero attached hydrogens (tertiary/aromatic N) is 1. The van der Waals surface area contributed by atoms with E-state index in [1.54, 1.807) is 18.2 Å². The lowest BCUT2D eigenvalue weighted by atomic mass is 9.95. The van der Waals surface area contributed by atoms with Gasteiger partial charge in [0.05, 0.1) is 13.0 Å². The minimum Gasteiger partial charge on any atom is -0.496 e. The number of methoxy groups -OCH3 is 1. The maximum atomic E-state index is 13.1. The highest BCUT2D eigenvalue weighted by molar-refractivity contribution is 6.07. The molecule has 1 saturated heterocycles. The minimum absolute atomic E-state index is 0.00981. The van der Waals surface area contributed by atoms with E-state index in [1.165, 1.54) is 14.0 Å². The quantitative estimate of drug-likeness (QED) is 0.408. The summed E-state index contributed by atoms with van der Waals surface area (Å²) in [5.74, 6) is -0.0488. The van der Waals surface area contributed by atoms with Crippen molar-refractivity contribution in [3.05, 3.63) is 77.4 Å². The van der Waals surface area contributed by atoms with Crippen molar-refractivity contribution in [1.82, 2.24) is 4.90 Å². The number of ether oxygens (including phenoxy) is 2. The first-order valence-electron chi connectivity index (χ1n) is 11.1. The van der Waals surface area contributed by atoms with Gasteiger partial charge >= 0.3 is 5.97 Å². The van der Waals surface area contributed by atoms with Gasteiger partial charge in [0.1, 0.15) is 12.4 Å². The minimum atomic E-state index is -0.289. The van der Waals surface area contributed by atoms with Crippen molar-refractivity contribution in [3.63, 3.8) is 0 Å². The van der Waals surface area contributed by atoms with Gasteiger partial charge in [-0.15, -0.1) is 0 Å². The standard InChI is InChI=1S/C27H27NO5/c1-18(29)21-10-11-25(32-2)22(16-21)17-33-27(31)20-12-14-28(15-13-20)26(30)24-9-5-7-19-6-3-4-8-23(19)24/h3-11,16,20H,12-15,17H2,1-2H3. The Hall–Kier alpha value is -3.67. The number of carbonyl (C=O) groups excluding carboxylic acids is 3. The smallest absolute Gasteiger partial charge is 0.309 e. The van der Waals surface area contributed by atoms with E-state index >= 15 is 0 Å². The van der Waals surface area contributed by atoms with E-state index in [1.807, 2.05) is 47.4 Å². The van der Waals surface area contributed by atoms with E-state index in [4.69, 9.17) is 9.47 Å². The van der Waals surface area contributed by atoms with Gasteiger partial charge in [-0.3, -0.25) is 14.4 Å². The van der Waals surface area contributed by atoms with Crippen molar-refractivity contribution in [2.45, 2.75) is 26.4 Å². The monoisotopic (exact) mass is 445 g/mol. The van der Waals surface area contributed by atoms with E-state index in [2.05, 4.69) is 0 Å². The molecule has 3 aromatic rings. The van der Waals surface area contributed by atoms with E-state index in [0.717, 1.165) is 10.8 Å². The Balaban J connectivity index is 1.36. The first-order chi connectivity index (χ1) is 16.0. The summed E-state index contributed by atoms with van der Waals surface area (Å²) in [4.78, 5) is 39.3. The molecule has 0 aromatic heterocycles. The molecule has 1 aliphatic heterocycles. The van der Waals surface area contributed by atoms with Gasteiger partial charge in [-0.25, -0.2) is 0 Å². The lowest BCUT2D eigenvalue weighted by molar-refractivity contribution is -0.151. The molecule has 3 aromatic carbocycles. The number of carbonyl (C=O) groups is 3.